The molecule has 2 aliphatic heterocycles. The van der Waals surface area contributed by atoms with Crippen molar-refractivity contribution < 1.29 is 14.7 Å². The van der Waals surface area contributed by atoms with Gasteiger partial charge in [0.2, 0.25) is 0 Å². The van der Waals surface area contributed by atoms with Crippen molar-refractivity contribution >= 4 is 23.2 Å². The van der Waals surface area contributed by atoms with Crippen LogP contribution in [0.5, 0.6) is 0 Å². The normalized spacial score (nSPS) is 23.5. The molecule has 5 nitrogen and oxygen atoms in total. The molecule has 2 amide bonds. The fourth-order valence-electron chi connectivity index (χ4n) is 4.43. The van der Waals surface area contributed by atoms with Crippen LogP contribution in [0.4, 0.5) is 11.4 Å². The lowest BCUT2D eigenvalue weighted by atomic mass is 9.69. The van der Waals surface area contributed by atoms with E-state index in [1.54, 1.807) is 4.90 Å². The first-order valence-electron chi connectivity index (χ1n) is 9.18. The minimum absolute atomic E-state index is 0.103. The quantitative estimate of drug-likeness (QED) is 0.706. The Hall–Kier alpha value is -3.44. The third-order valence-electron chi connectivity index (χ3n) is 5.65. The zero-order valence-electron chi connectivity index (χ0n) is 15.0. The van der Waals surface area contributed by atoms with E-state index in [-0.39, 0.29) is 12.5 Å². The summed E-state index contributed by atoms with van der Waals surface area (Å²) < 4.78 is 0. The highest BCUT2D eigenvalue weighted by molar-refractivity contribution is 6.08. The minimum Gasteiger partial charge on any atom is -0.380 e. The second-order valence-corrected chi connectivity index (χ2v) is 7.04. The molecule has 2 heterocycles. The summed E-state index contributed by atoms with van der Waals surface area (Å²) in [5, 5.41) is 10.9. The largest absolute Gasteiger partial charge is 0.380 e. The summed E-state index contributed by atoms with van der Waals surface area (Å²) in [5.74, 6) is -0.640. The van der Waals surface area contributed by atoms with Gasteiger partial charge in [0.15, 0.2) is 6.10 Å². The first-order chi connectivity index (χ1) is 13.7. The average molecular weight is 370 g/mol. The number of amides is 2. The molecule has 5 heteroatoms. The van der Waals surface area contributed by atoms with Gasteiger partial charge in [0.1, 0.15) is 12.1 Å². The lowest BCUT2D eigenvalue weighted by Crippen LogP contribution is -2.72. The van der Waals surface area contributed by atoms with Crippen LogP contribution in [0.1, 0.15) is 11.1 Å². The second-order valence-electron chi connectivity index (χ2n) is 7.04. The van der Waals surface area contributed by atoms with Gasteiger partial charge in [0.05, 0.1) is 5.69 Å². The predicted molar refractivity (Wildman–Crippen MR) is 105 cm³/mol. The molecule has 1 fully saturated rings. The molecule has 3 aromatic rings. The Morgan fingerprint density at radius 1 is 0.821 bits per heavy atom. The molecule has 3 aromatic carbocycles. The van der Waals surface area contributed by atoms with E-state index in [0.29, 0.717) is 5.69 Å². The van der Waals surface area contributed by atoms with E-state index in [2.05, 4.69) is 0 Å². The van der Waals surface area contributed by atoms with E-state index in [1.807, 2.05) is 84.9 Å². The maximum Gasteiger partial charge on any atom is 0.256 e. The maximum atomic E-state index is 13.2. The van der Waals surface area contributed by atoms with Crippen LogP contribution in [0.2, 0.25) is 0 Å². The van der Waals surface area contributed by atoms with Crippen LogP contribution in [0, 0.1) is 0 Å². The van der Waals surface area contributed by atoms with Crippen LogP contribution in [0.15, 0.2) is 84.9 Å². The van der Waals surface area contributed by atoms with Crippen molar-refractivity contribution in [1.82, 2.24) is 4.90 Å². The zero-order valence-corrected chi connectivity index (χ0v) is 15.0. The molecule has 0 aliphatic carbocycles. The number of nitrogens with zero attached hydrogens (tertiary/aromatic N) is 2. The molecule has 28 heavy (non-hydrogen) atoms. The van der Waals surface area contributed by atoms with E-state index in [4.69, 9.17) is 0 Å². The van der Waals surface area contributed by atoms with Crippen LogP contribution >= 0.6 is 0 Å². The number of rotatable bonds is 2. The van der Waals surface area contributed by atoms with Crippen LogP contribution in [0.3, 0.4) is 0 Å². The van der Waals surface area contributed by atoms with Gasteiger partial charge in [-0.1, -0.05) is 66.7 Å². The van der Waals surface area contributed by atoms with Gasteiger partial charge in [-0.25, -0.2) is 0 Å². The van der Waals surface area contributed by atoms with E-state index < -0.39 is 17.6 Å². The Bertz CT molecular complexity index is 1070. The van der Waals surface area contributed by atoms with Gasteiger partial charge >= 0.3 is 0 Å². The smallest absolute Gasteiger partial charge is 0.256 e. The number of benzene rings is 3. The van der Waals surface area contributed by atoms with Crippen LogP contribution in [-0.2, 0) is 15.1 Å². The second kappa shape index (κ2) is 6.04. The average Bonchev–Trinajstić information content (AvgIpc) is 2.85. The Kier molecular flexibility index (Phi) is 3.60. The van der Waals surface area contributed by atoms with Crippen molar-refractivity contribution in [3.63, 3.8) is 0 Å². The van der Waals surface area contributed by atoms with Gasteiger partial charge in [-0.3, -0.25) is 14.5 Å². The van der Waals surface area contributed by atoms with Gasteiger partial charge in [-0.15, -0.1) is 0 Å². The molecule has 138 valence electrons. The number of anilines is 2. The summed E-state index contributed by atoms with van der Waals surface area (Å²) in [7, 11) is 0. The monoisotopic (exact) mass is 370 g/mol. The molecule has 1 saturated heterocycles. The third kappa shape index (κ3) is 2.05. The Morgan fingerprint density at radius 2 is 1.43 bits per heavy atom. The van der Waals surface area contributed by atoms with Gasteiger partial charge in [-0.05, 0) is 23.8 Å². The summed E-state index contributed by atoms with van der Waals surface area (Å²) in [5.41, 5.74) is 1.86. The fraction of sp³-hybridized carbons (Fsp3) is 0.130. The Morgan fingerprint density at radius 3 is 2.14 bits per heavy atom. The van der Waals surface area contributed by atoms with Crippen molar-refractivity contribution in [3.8, 4) is 0 Å². The zero-order chi connectivity index (χ0) is 19.3. The number of carbonyl (C=O) groups is 2. The van der Waals surface area contributed by atoms with Gasteiger partial charge in [0.25, 0.3) is 11.8 Å². The fourth-order valence-corrected chi connectivity index (χ4v) is 4.43. The van der Waals surface area contributed by atoms with Gasteiger partial charge in [0, 0.05) is 11.3 Å². The van der Waals surface area contributed by atoms with Gasteiger partial charge in [-0.2, -0.15) is 0 Å². The maximum absolute atomic E-state index is 13.2. The van der Waals surface area contributed by atoms with E-state index in [9.17, 15) is 14.7 Å². The number of hydrogen-bond acceptors (Lipinski definition) is 3. The van der Waals surface area contributed by atoms with Crippen LogP contribution < -0.4 is 4.90 Å². The lowest BCUT2D eigenvalue weighted by molar-refractivity contribution is -0.181. The van der Waals surface area contributed by atoms with E-state index >= 15 is 0 Å². The number of carbonyl (C=O) groups excluding carboxylic acids is 2. The van der Waals surface area contributed by atoms with Crippen molar-refractivity contribution in [2.75, 3.05) is 11.4 Å². The summed E-state index contributed by atoms with van der Waals surface area (Å²) in [6.07, 6.45) is -1.24. The molecular weight excluding hydrogens is 352 g/mol. The topological polar surface area (TPSA) is 60.9 Å². The molecule has 5 rings (SSSR count). The van der Waals surface area contributed by atoms with Crippen molar-refractivity contribution in [3.05, 3.63) is 96.1 Å². The standard InChI is InChI=1S/C23H18N2O3/c26-20-15-24-22(28)21(27)23(24,16-9-3-1-4-10-16)18-13-7-8-14-19(18)25(20)17-11-5-2-6-12-17/h1-14,21,27H,15H2. The minimum atomic E-state index is -1.24. The number of para-hydroxylation sites is 2. The molecule has 2 aliphatic rings. The first kappa shape index (κ1) is 16.7. The molecule has 2 atom stereocenters. The van der Waals surface area contributed by atoms with Crippen molar-refractivity contribution in [2.24, 2.45) is 0 Å². The predicted octanol–water partition coefficient (Wildman–Crippen LogP) is 2.81. The van der Waals surface area contributed by atoms with Crippen molar-refractivity contribution in [2.45, 2.75) is 11.6 Å². The Labute approximate surface area is 162 Å². The third-order valence-corrected chi connectivity index (χ3v) is 5.65. The van der Waals surface area contributed by atoms with Crippen molar-refractivity contribution in [1.29, 1.82) is 0 Å². The highest BCUT2D eigenvalue weighted by Crippen LogP contribution is 2.52. The van der Waals surface area contributed by atoms with Crippen LogP contribution in [0.25, 0.3) is 0 Å². The van der Waals surface area contributed by atoms with E-state index in [0.717, 1.165) is 16.8 Å². The number of aliphatic hydroxyl groups excluding tert-OH is 1. The molecule has 0 saturated carbocycles. The number of β-lactam (4-membered cyclic amide) rings is 1. The number of hydrogen-bond donors (Lipinski definition) is 1. The number of aliphatic hydroxyl groups is 1. The molecule has 0 spiro atoms. The highest BCUT2D eigenvalue weighted by Gasteiger charge is 2.64. The first-order valence-corrected chi connectivity index (χ1v) is 9.18. The molecule has 2 unspecified atom stereocenters. The molecule has 0 aromatic heterocycles. The van der Waals surface area contributed by atoms with Gasteiger partial charge < -0.3 is 10.0 Å². The molecule has 1 N–H and O–H groups in total. The lowest BCUT2D eigenvalue weighted by Gasteiger charge is -2.54. The van der Waals surface area contributed by atoms with Crippen LogP contribution in [-0.4, -0.2) is 34.5 Å². The number of fused-ring (bicyclic) bond motifs is 3. The molecule has 0 bridgehead atoms. The highest BCUT2D eigenvalue weighted by atomic mass is 16.3. The molecule has 0 radical (unpaired) electrons. The Balaban J connectivity index is 1.81. The summed E-state index contributed by atoms with van der Waals surface area (Å²) in [6, 6.07) is 26.3. The summed E-state index contributed by atoms with van der Waals surface area (Å²) in [4.78, 5) is 29.0. The van der Waals surface area contributed by atoms with E-state index in [1.165, 1.54) is 4.90 Å². The summed E-state index contributed by atoms with van der Waals surface area (Å²) >= 11 is 0. The summed E-state index contributed by atoms with van der Waals surface area (Å²) in [6.45, 7) is -0.103. The SMILES string of the molecule is O=C1CN2C(=O)C(O)C2(c2ccccc2)c2ccccc2N1c1ccccc1. The molecular formula is C23H18N2O3.